The number of hydrogen-bond donors (Lipinski definition) is 0. The van der Waals surface area contributed by atoms with Gasteiger partial charge >= 0.3 is 0 Å². The van der Waals surface area contributed by atoms with Gasteiger partial charge in [-0.05, 0) is 19.4 Å². The van der Waals surface area contributed by atoms with Gasteiger partial charge in [-0.1, -0.05) is 13.8 Å². The zero-order valence-corrected chi connectivity index (χ0v) is 13.1. The van der Waals surface area contributed by atoms with E-state index in [1.54, 1.807) is 0 Å². The quantitative estimate of drug-likeness (QED) is 0.819. The summed E-state index contributed by atoms with van der Waals surface area (Å²) in [5, 5.41) is 17.7. The molecule has 0 radical (unpaired) electrons. The van der Waals surface area contributed by atoms with E-state index in [-0.39, 0.29) is 11.8 Å². The predicted molar refractivity (Wildman–Crippen MR) is 79.9 cm³/mol. The van der Waals surface area contributed by atoms with Crippen molar-refractivity contribution in [1.82, 2.24) is 15.1 Å². The first-order valence-electron chi connectivity index (χ1n) is 7.23. The van der Waals surface area contributed by atoms with Gasteiger partial charge in [-0.2, -0.15) is 10.4 Å². The van der Waals surface area contributed by atoms with Crippen LogP contribution in [0.3, 0.4) is 0 Å². The third kappa shape index (κ3) is 2.97. The number of nitriles is 1. The fourth-order valence-electron chi connectivity index (χ4n) is 2.45. The number of carbonyl (C=O) groups is 1. The van der Waals surface area contributed by atoms with Crippen molar-refractivity contribution in [2.45, 2.75) is 27.7 Å². The number of carbonyl (C=O) groups excluding carboxylic acids is 1. The van der Waals surface area contributed by atoms with Crippen LogP contribution in [0.15, 0.2) is 0 Å². The summed E-state index contributed by atoms with van der Waals surface area (Å²) in [5.74, 6) is 0.839. The number of piperazine rings is 1. The summed E-state index contributed by atoms with van der Waals surface area (Å²) in [7, 11) is 0. The zero-order valence-electron chi connectivity index (χ0n) is 13.1. The normalized spacial score (nSPS) is 15.2. The van der Waals surface area contributed by atoms with Gasteiger partial charge in [0.2, 0.25) is 5.91 Å². The van der Waals surface area contributed by atoms with Crippen LogP contribution in [-0.2, 0) is 4.79 Å². The molecular weight excluding hydrogens is 266 g/mol. The Morgan fingerprint density at radius 3 is 2.33 bits per heavy atom. The number of anilines is 1. The maximum atomic E-state index is 12.0. The summed E-state index contributed by atoms with van der Waals surface area (Å²) in [6.07, 6.45) is 0. The molecule has 6 heteroatoms. The molecule has 0 spiro atoms. The van der Waals surface area contributed by atoms with Gasteiger partial charge in [-0.15, -0.1) is 5.10 Å². The molecule has 0 atom stereocenters. The Kier molecular flexibility index (Phi) is 4.41. The summed E-state index contributed by atoms with van der Waals surface area (Å²) in [5.41, 5.74) is 2.25. The number of hydrogen-bond acceptors (Lipinski definition) is 5. The Bertz CT molecular complexity index is 582. The first kappa shape index (κ1) is 15.2. The van der Waals surface area contributed by atoms with Crippen LogP contribution in [0.2, 0.25) is 0 Å². The molecule has 0 aliphatic carbocycles. The fourth-order valence-corrected chi connectivity index (χ4v) is 2.45. The second-order valence-electron chi connectivity index (χ2n) is 5.69. The molecule has 2 heterocycles. The lowest BCUT2D eigenvalue weighted by atomic mass is 10.1. The lowest BCUT2D eigenvalue weighted by molar-refractivity contribution is -0.134. The maximum absolute atomic E-state index is 12.0. The van der Waals surface area contributed by atoms with Crippen LogP contribution in [0.5, 0.6) is 0 Å². The minimum atomic E-state index is 0.0210. The summed E-state index contributed by atoms with van der Waals surface area (Å²) in [6, 6.07) is 2.23. The average Bonchev–Trinajstić information content (AvgIpc) is 2.49. The molecule has 6 nitrogen and oxygen atoms in total. The van der Waals surface area contributed by atoms with Gasteiger partial charge in [-0.3, -0.25) is 4.79 Å². The van der Waals surface area contributed by atoms with Gasteiger partial charge in [-0.25, -0.2) is 0 Å². The first-order chi connectivity index (χ1) is 9.95. The Labute approximate surface area is 125 Å². The highest BCUT2D eigenvalue weighted by molar-refractivity contribution is 5.78. The lowest BCUT2D eigenvalue weighted by Gasteiger charge is -2.36. The molecule has 0 saturated carbocycles. The van der Waals surface area contributed by atoms with Gasteiger partial charge in [0.1, 0.15) is 11.6 Å². The monoisotopic (exact) mass is 287 g/mol. The number of rotatable bonds is 2. The third-order valence-electron chi connectivity index (χ3n) is 3.93. The minimum Gasteiger partial charge on any atom is -0.350 e. The molecule has 1 aliphatic rings. The van der Waals surface area contributed by atoms with Crippen molar-refractivity contribution in [2.24, 2.45) is 5.92 Å². The van der Waals surface area contributed by atoms with Gasteiger partial charge in [0.15, 0.2) is 5.82 Å². The van der Waals surface area contributed by atoms with Crippen molar-refractivity contribution >= 4 is 11.7 Å². The molecule has 0 aromatic carbocycles. The van der Waals surface area contributed by atoms with Crippen LogP contribution in [0, 0.1) is 31.1 Å². The predicted octanol–water partition coefficient (Wildman–Crippen LogP) is 1.27. The van der Waals surface area contributed by atoms with E-state index >= 15 is 0 Å². The van der Waals surface area contributed by atoms with E-state index in [0.717, 1.165) is 11.3 Å². The molecule has 21 heavy (non-hydrogen) atoms. The standard InChI is InChI=1S/C15H21N5O/c1-10(2)15(21)20-7-5-19(6-8-20)14-13(9-16)11(3)12(4)17-18-14/h10H,5-8H2,1-4H3. The maximum Gasteiger partial charge on any atom is 0.225 e. The van der Waals surface area contributed by atoms with Crippen LogP contribution >= 0.6 is 0 Å². The minimum absolute atomic E-state index is 0.0210. The van der Waals surface area contributed by atoms with E-state index in [4.69, 9.17) is 0 Å². The zero-order chi connectivity index (χ0) is 15.6. The lowest BCUT2D eigenvalue weighted by Crippen LogP contribution is -2.50. The van der Waals surface area contributed by atoms with Gasteiger partial charge in [0, 0.05) is 32.1 Å². The summed E-state index contributed by atoms with van der Waals surface area (Å²) < 4.78 is 0. The third-order valence-corrected chi connectivity index (χ3v) is 3.93. The molecule has 1 fully saturated rings. The van der Waals surface area contributed by atoms with E-state index in [0.29, 0.717) is 37.6 Å². The number of amides is 1. The van der Waals surface area contributed by atoms with Crippen LogP contribution in [0.1, 0.15) is 30.7 Å². The summed E-state index contributed by atoms with van der Waals surface area (Å²) >= 11 is 0. The Balaban J connectivity index is 2.15. The highest BCUT2D eigenvalue weighted by Crippen LogP contribution is 2.22. The SMILES string of the molecule is Cc1nnc(N2CCN(C(=O)C(C)C)CC2)c(C#N)c1C. The molecule has 0 bridgehead atoms. The van der Waals surface area contributed by atoms with Gasteiger partial charge < -0.3 is 9.80 Å². The molecular formula is C15H21N5O. The molecule has 112 valence electrons. The van der Waals surface area contributed by atoms with Crippen LogP contribution in [-0.4, -0.2) is 47.2 Å². The highest BCUT2D eigenvalue weighted by Gasteiger charge is 2.25. The number of aromatic nitrogens is 2. The van der Waals surface area contributed by atoms with Crippen LogP contribution < -0.4 is 4.90 Å². The Morgan fingerprint density at radius 2 is 1.81 bits per heavy atom. The van der Waals surface area contributed by atoms with E-state index in [9.17, 15) is 10.1 Å². The molecule has 1 aromatic heterocycles. The van der Waals surface area contributed by atoms with Crippen molar-refractivity contribution in [1.29, 1.82) is 5.26 Å². The van der Waals surface area contributed by atoms with E-state index in [1.807, 2.05) is 37.5 Å². The topological polar surface area (TPSA) is 73.1 Å². The summed E-state index contributed by atoms with van der Waals surface area (Å²) in [6.45, 7) is 10.3. The second-order valence-corrected chi connectivity index (χ2v) is 5.69. The molecule has 0 N–H and O–H groups in total. The van der Waals surface area contributed by atoms with E-state index in [1.165, 1.54) is 0 Å². The number of nitrogens with zero attached hydrogens (tertiary/aromatic N) is 5. The summed E-state index contributed by atoms with van der Waals surface area (Å²) in [4.78, 5) is 15.9. The first-order valence-corrected chi connectivity index (χ1v) is 7.23. The molecule has 1 amide bonds. The van der Waals surface area contributed by atoms with Crippen molar-refractivity contribution in [3.05, 3.63) is 16.8 Å². The van der Waals surface area contributed by atoms with Crippen LogP contribution in [0.25, 0.3) is 0 Å². The smallest absolute Gasteiger partial charge is 0.225 e. The van der Waals surface area contributed by atoms with Crippen molar-refractivity contribution in [2.75, 3.05) is 31.1 Å². The highest BCUT2D eigenvalue weighted by atomic mass is 16.2. The Morgan fingerprint density at radius 1 is 1.19 bits per heavy atom. The number of aryl methyl sites for hydroxylation is 1. The molecule has 0 unspecified atom stereocenters. The van der Waals surface area contributed by atoms with Gasteiger partial charge in [0.25, 0.3) is 0 Å². The van der Waals surface area contributed by atoms with Crippen molar-refractivity contribution in [3.8, 4) is 6.07 Å². The van der Waals surface area contributed by atoms with Crippen LogP contribution in [0.4, 0.5) is 5.82 Å². The average molecular weight is 287 g/mol. The molecule has 1 saturated heterocycles. The van der Waals surface area contributed by atoms with E-state index in [2.05, 4.69) is 16.3 Å². The Hall–Kier alpha value is -2.16. The second kappa shape index (κ2) is 6.08. The molecule has 1 aromatic rings. The van der Waals surface area contributed by atoms with Crippen molar-refractivity contribution in [3.63, 3.8) is 0 Å². The molecule has 2 rings (SSSR count). The molecule has 1 aliphatic heterocycles. The fraction of sp³-hybridized carbons (Fsp3) is 0.600. The van der Waals surface area contributed by atoms with Crippen molar-refractivity contribution < 1.29 is 4.79 Å². The van der Waals surface area contributed by atoms with Gasteiger partial charge in [0.05, 0.1) is 5.69 Å². The van der Waals surface area contributed by atoms with E-state index < -0.39 is 0 Å². The largest absolute Gasteiger partial charge is 0.350 e.